The quantitative estimate of drug-likeness (QED) is 0.677. The van der Waals surface area contributed by atoms with Gasteiger partial charge in [0.15, 0.2) is 0 Å². The third-order valence-electron chi connectivity index (χ3n) is 2.81. The molecule has 1 unspecified atom stereocenters. The first-order valence-electron chi connectivity index (χ1n) is 5.96. The van der Waals surface area contributed by atoms with Crippen molar-refractivity contribution in [3.63, 3.8) is 0 Å². The molecule has 1 rings (SSSR count). The molecule has 0 bridgehead atoms. The van der Waals surface area contributed by atoms with E-state index < -0.39 is 0 Å². The number of carbonyl (C=O) groups is 1. The molecular formula is C13H21N3O2. The Bertz CT molecular complexity index is 419. The van der Waals surface area contributed by atoms with Crippen molar-refractivity contribution in [2.24, 2.45) is 0 Å². The van der Waals surface area contributed by atoms with Crippen LogP contribution in [-0.4, -0.2) is 37.8 Å². The fourth-order valence-electron chi connectivity index (χ4n) is 1.66. The number of nitrogens with two attached hydrogens (primary N) is 1. The second kappa shape index (κ2) is 6.26. The number of rotatable bonds is 5. The van der Waals surface area contributed by atoms with Gasteiger partial charge in [0.2, 0.25) is 0 Å². The van der Waals surface area contributed by atoms with Gasteiger partial charge in [-0.05, 0) is 31.5 Å². The number of aliphatic hydroxyl groups is 1. The molecule has 5 heteroatoms. The van der Waals surface area contributed by atoms with Crippen LogP contribution in [0.15, 0.2) is 18.2 Å². The van der Waals surface area contributed by atoms with Gasteiger partial charge in [-0.2, -0.15) is 0 Å². The lowest BCUT2D eigenvalue weighted by atomic mass is 10.1. The van der Waals surface area contributed by atoms with Crippen molar-refractivity contribution in [3.8, 4) is 0 Å². The molecule has 0 aliphatic heterocycles. The van der Waals surface area contributed by atoms with Gasteiger partial charge in [-0.25, -0.2) is 0 Å². The second-order valence-corrected chi connectivity index (χ2v) is 4.41. The minimum atomic E-state index is -0.351. The summed E-state index contributed by atoms with van der Waals surface area (Å²) >= 11 is 0. The zero-order valence-corrected chi connectivity index (χ0v) is 11.1. The molecule has 5 nitrogen and oxygen atoms in total. The van der Waals surface area contributed by atoms with Crippen LogP contribution in [0.25, 0.3) is 0 Å². The Morgan fingerprint density at radius 3 is 2.78 bits per heavy atom. The fraction of sp³-hybridized carbons (Fsp3) is 0.462. The Balaban J connectivity index is 2.89. The summed E-state index contributed by atoms with van der Waals surface area (Å²) in [7, 11) is 3.48. The predicted octanol–water partition coefficient (Wildman–Crippen LogP) is 0.836. The molecule has 0 aliphatic rings. The molecule has 4 N–H and O–H groups in total. The van der Waals surface area contributed by atoms with Crippen molar-refractivity contribution in [2.45, 2.75) is 19.4 Å². The number of hydrogen-bond acceptors (Lipinski definition) is 4. The molecule has 0 aromatic heterocycles. The molecule has 1 aromatic carbocycles. The normalized spacial score (nSPS) is 12.0. The van der Waals surface area contributed by atoms with E-state index in [-0.39, 0.29) is 12.0 Å². The number of amides is 1. The van der Waals surface area contributed by atoms with Crippen LogP contribution in [0.3, 0.4) is 0 Å². The summed E-state index contributed by atoms with van der Waals surface area (Å²) < 4.78 is 0. The van der Waals surface area contributed by atoms with Crippen LogP contribution in [0.5, 0.6) is 0 Å². The molecule has 1 atom stereocenters. The van der Waals surface area contributed by atoms with Crippen LogP contribution in [0.1, 0.15) is 23.7 Å². The molecule has 18 heavy (non-hydrogen) atoms. The molecule has 0 heterocycles. The maximum Gasteiger partial charge on any atom is 0.251 e. The molecule has 0 saturated carbocycles. The van der Waals surface area contributed by atoms with Crippen LogP contribution < -0.4 is 16.0 Å². The van der Waals surface area contributed by atoms with Gasteiger partial charge in [0.05, 0.1) is 17.5 Å². The van der Waals surface area contributed by atoms with Crippen LogP contribution in [0.2, 0.25) is 0 Å². The third kappa shape index (κ3) is 3.63. The Hall–Kier alpha value is -1.75. The zero-order valence-electron chi connectivity index (χ0n) is 11.1. The lowest BCUT2D eigenvalue weighted by Gasteiger charge is -2.22. The van der Waals surface area contributed by atoms with Crippen LogP contribution in [0.4, 0.5) is 11.4 Å². The lowest BCUT2D eigenvalue weighted by molar-refractivity contribution is 0.0963. The first kappa shape index (κ1) is 14.3. The fourth-order valence-corrected chi connectivity index (χ4v) is 1.66. The van der Waals surface area contributed by atoms with E-state index in [4.69, 9.17) is 5.73 Å². The van der Waals surface area contributed by atoms with E-state index in [0.29, 0.717) is 24.2 Å². The van der Waals surface area contributed by atoms with E-state index in [1.54, 1.807) is 32.2 Å². The van der Waals surface area contributed by atoms with E-state index >= 15 is 0 Å². The van der Waals surface area contributed by atoms with Gasteiger partial charge in [0, 0.05) is 26.2 Å². The standard InChI is InChI=1S/C13H21N3O2/c1-9(17)6-7-16(3)12-8-10(13(18)15-2)4-5-11(12)14/h4-5,8-9,17H,6-7,14H2,1-3H3,(H,15,18). The molecule has 0 spiro atoms. The van der Waals surface area contributed by atoms with Gasteiger partial charge < -0.3 is 21.1 Å². The number of nitrogen functional groups attached to an aromatic ring is 1. The highest BCUT2D eigenvalue weighted by molar-refractivity contribution is 5.96. The maximum absolute atomic E-state index is 11.6. The summed E-state index contributed by atoms with van der Waals surface area (Å²) in [6, 6.07) is 5.18. The first-order chi connectivity index (χ1) is 8.45. The largest absolute Gasteiger partial charge is 0.397 e. The van der Waals surface area contributed by atoms with Gasteiger partial charge in [0.1, 0.15) is 0 Å². The lowest BCUT2D eigenvalue weighted by Crippen LogP contribution is -2.24. The Labute approximate surface area is 108 Å². The Morgan fingerprint density at radius 2 is 2.22 bits per heavy atom. The monoisotopic (exact) mass is 251 g/mol. The summed E-state index contributed by atoms with van der Waals surface area (Å²) in [4.78, 5) is 13.5. The van der Waals surface area contributed by atoms with Crippen molar-refractivity contribution in [3.05, 3.63) is 23.8 Å². The second-order valence-electron chi connectivity index (χ2n) is 4.41. The Morgan fingerprint density at radius 1 is 1.56 bits per heavy atom. The van der Waals surface area contributed by atoms with Gasteiger partial charge in [-0.3, -0.25) is 4.79 Å². The van der Waals surface area contributed by atoms with E-state index in [2.05, 4.69) is 5.32 Å². The molecule has 1 amide bonds. The van der Waals surface area contributed by atoms with Gasteiger partial charge in [0.25, 0.3) is 5.91 Å². The smallest absolute Gasteiger partial charge is 0.251 e. The van der Waals surface area contributed by atoms with Crippen molar-refractivity contribution in [1.29, 1.82) is 0 Å². The minimum absolute atomic E-state index is 0.139. The SMILES string of the molecule is CNC(=O)c1ccc(N)c(N(C)CCC(C)O)c1. The van der Waals surface area contributed by atoms with Crippen molar-refractivity contribution < 1.29 is 9.90 Å². The van der Waals surface area contributed by atoms with E-state index in [1.807, 2.05) is 11.9 Å². The number of aliphatic hydroxyl groups excluding tert-OH is 1. The Kier molecular flexibility index (Phi) is 4.97. The summed E-state index contributed by atoms with van der Waals surface area (Å²) in [5.74, 6) is -0.139. The van der Waals surface area contributed by atoms with Crippen molar-refractivity contribution >= 4 is 17.3 Å². The minimum Gasteiger partial charge on any atom is -0.397 e. The van der Waals surface area contributed by atoms with Crippen molar-refractivity contribution in [1.82, 2.24) is 5.32 Å². The number of anilines is 2. The van der Waals surface area contributed by atoms with Crippen LogP contribution in [-0.2, 0) is 0 Å². The number of benzene rings is 1. The average molecular weight is 251 g/mol. The summed E-state index contributed by atoms with van der Waals surface area (Å²) in [5, 5.41) is 11.9. The topological polar surface area (TPSA) is 78.6 Å². The molecule has 100 valence electrons. The highest BCUT2D eigenvalue weighted by atomic mass is 16.3. The van der Waals surface area contributed by atoms with Crippen molar-refractivity contribution in [2.75, 3.05) is 31.3 Å². The third-order valence-corrected chi connectivity index (χ3v) is 2.81. The molecule has 1 aromatic rings. The number of hydrogen-bond donors (Lipinski definition) is 3. The predicted molar refractivity (Wildman–Crippen MR) is 73.8 cm³/mol. The maximum atomic E-state index is 11.6. The first-order valence-corrected chi connectivity index (χ1v) is 5.96. The van der Waals surface area contributed by atoms with E-state index in [0.717, 1.165) is 5.69 Å². The average Bonchev–Trinajstić information content (AvgIpc) is 2.35. The highest BCUT2D eigenvalue weighted by Crippen LogP contribution is 2.23. The summed E-state index contributed by atoms with van der Waals surface area (Å²) in [5.41, 5.74) is 7.90. The molecule has 0 radical (unpaired) electrons. The summed E-state index contributed by atoms with van der Waals surface area (Å²) in [6.45, 7) is 2.43. The highest BCUT2D eigenvalue weighted by Gasteiger charge is 2.10. The molecule has 0 fully saturated rings. The van der Waals surface area contributed by atoms with Gasteiger partial charge in [-0.15, -0.1) is 0 Å². The molecule has 0 saturated heterocycles. The van der Waals surface area contributed by atoms with Gasteiger partial charge in [-0.1, -0.05) is 0 Å². The number of nitrogens with one attached hydrogen (secondary N) is 1. The van der Waals surface area contributed by atoms with Crippen LogP contribution >= 0.6 is 0 Å². The zero-order chi connectivity index (χ0) is 13.7. The van der Waals surface area contributed by atoms with Crippen LogP contribution in [0, 0.1) is 0 Å². The number of carbonyl (C=O) groups excluding carboxylic acids is 1. The number of nitrogens with zero attached hydrogens (tertiary/aromatic N) is 1. The molecular weight excluding hydrogens is 230 g/mol. The van der Waals surface area contributed by atoms with E-state index in [1.165, 1.54) is 0 Å². The van der Waals surface area contributed by atoms with Gasteiger partial charge >= 0.3 is 0 Å². The van der Waals surface area contributed by atoms with E-state index in [9.17, 15) is 9.90 Å². The molecule has 0 aliphatic carbocycles. The summed E-state index contributed by atoms with van der Waals surface area (Å²) in [6.07, 6.45) is 0.302.